The van der Waals surface area contributed by atoms with E-state index in [9.17, 15) is 30.3 Å². The molecular formula is C36H48O6. The fourth-order valence-electron chi connectivity index (χ4n) is 5.49. The smallest absolute Gasteiger partial charge is 0.335 e. The first-order chi connectivity index (χ1) is 19.8. The van der Waals surface area contributed by atoms with Crippen LogP contribution in [0.3, 0.4) is 0 Å². The minimum absolute atomic E-state index is 0.0476. The number of aliphatic hydroxyl groups is 2. The number of phenolic OH excluding ortho intramolecular Hbond substituents is 2. The quantitative estimate of drug-likeness (QED) is 0.130. The molecule has 42 heavy (non-hydrogen) atoms. The van der Waals surface area contributed by atoms with Crippen LogP contribution in [-0.2, 0) is 23.7 Å². The topological polar surface area (TPSA) is 118 Å². The zero-order valence-electron chi connectivity index (χ0n) is 26.0. The lowest BCUT2D eigenvalue weighted by Crippen LogP contribution is -2.19. The highest BCUT2D eigenvalue weighted by molar-refractivity contribution is 5.87. The molecule has 0 atom stereocenters. The van der Waals surface area contributed by atoms with Crippen molar-refractivity contribution in [3.8, 4) is 11.5 Å². The average molecular weight is 577 g/mol. The van der Waals surface area contributed by atoms with Crippen molar-refractivity contribution in [2.24, 2.45) is 0 Å². The van der Waals surface area contributed by atoms with E-state index in [1.807, 2.05) is 24.3 Å². The van der Waals surface area contributed by atoms with Gasteiger partial charge in [0.05, 0.1) is 5.56 Å². The Bertz CT molecular complexity index is 1290. The summed E-state index contributed by atoms with van der Waals surface area (Å²) in [5.74, 6) is -1.33. The molecule has 0 aliphatic rings. The second-order valence-corrected chi connectivity index (χ2v) is 12.7. The Labute approximate surface area is 250 Å². The molecule has 0 radical (unpaired) electrons. The molecule has 0 fully saturated rings. The number of aliphatic hydroxyl groups excluding tert-OH is 2. The molecule has 0 spiro atoms. The second kappa shape index (κ2) is 13.7. The van der Waals surface area contributed by atoms with Crippen molar-refractivity contribution in [1.29, 1.82) is 0 Å². The molecule has 0 bridgehead atoms. The molecule has 0 saturated carbocycles. The Morgan fingerprint density at radius 1 is 0.714 bits per heavy atom. The van der Waals surface area contributed by atoms with Gasteiger partial charge in [-0.05, 0) is 78.2 Å². The SMILES string of the molecule is CCC(C)(C)c1cc(CCCO)cc(C(c2ccc(C(=O)O)cc2)c2cc(CCCO)cc(C(C)(C)CC)c2O)c1O. The molecule has 3 aromatic carbocycles. The van der Waals surface area contributed by atoms with Crippen molar-refractivity contribution in [1.82, 2.24) is 0 Å². The third kappa shape index (κ3) is 7.16. The van der Waals surface area contributed by atoms with Crippen LogP contribution in [0.15, 0.2) is 48.5 Å². The fraction of sp³-hybridized carbons (Fsp3) is 0.472. The van der Waals surface area contributed by atoms with Crippen LogP contribution in [0.5, 0.6) is 11.5 Å². The third-order valence-electron chi connectivity index (χ3n) is 8.98. The van der Waals surface area contributed by atoms with Crippen LogP contribution in [-0.4, -0.2) is 44.7 Å². The number of aryl methyl sites for hydroxylation is 2. The standard InChI is InChI=1S/C36H48O6/c1-7-35(3,4)29-21-23(11-9-17-37)19-27(32(29)39)31(25-13-15-26(16-14-25)34(41)42)28-20-24(12-10-18-38)22-30(33(28)40)36(5,6)8-2/h13-16,19-22,31,37-40H,7-12,17-18H2,1-6H3,(H,41,42). The molecule has 6 heteroatoms. The van der Waals surface area contributed by atoms with Crippen LogP contribution in [0, 0.1) is 0 Å². The highest BCUT2D eigenvalue weighted by atomic mass is 16.4. The van der Waals surface area contributed by atoms with Gasteiger partial charge in [-0.3, -0.25) is 0 Å². The number of carboxylic acids is 1. The monoisotopic (exact) mass is 576 g/mol. The lowest BCUT2D eigenvalue weighted by molar-refractivity contribution is 0.0697. The predicted molar refractivity (Wildman–Crippen MR) is 168 cm³/mol. The summed E-state index contributed by atoms with van der Waals surface area (Å²) in [6.07, 6.45) is 3.97. The van der Waals surface area contributed by atoms with E-state index in [1.165, 1.54) is 0 Å². The highest BCUT2D eigenvalue weighted by Gasteiger charge is 2.32. The van der Waals surface area contributed by atoms with E-state index in [1.54, 1.807) is 24.3 Å². The molecule has 0 aliphatic carbocycles. The van der Waals surface area contributed by atoms with Crippen molar-refractivity contribution in [2.45, 2.75) is 96.8 Å². The molecule has 0 unspecified atom stereocenters. The summed E-state index contributed by atoms with van der Waals surface area (Å²) in [7, 11) is 0. The zero-order valence-corrected chi connectivity index (χ0v) is 26.0. The van der Waals surface area contributed by atoms with Gasteiger partial charge in [0.1, 0.15) is 11.5 Å². The van der Waals surface area contributed by atoms with Gasteiger partial charge in [0, 0.05) is 41.4 Å². The third-order valence-corrected chi connectivity index (χ3v) is 8.98. The van der Waals surface area contributed by atoms with Crippen LogP contribution in [0.2, 0.25) is 0 Å². The summed E-state index contributed by atoms with van der Waals surface area (Å²) in [6, 6.07) is 14.6. The summed E-state index contributed by atoms with van der Waals surface area (Å²) >= 11 is 0. The zero-order chi connectivity index (χ0) is 31.2. The maximum absolute atomic E-state index is 12.0. The maximum atomic E-state index is 12.0. The number of hydrogen-bond donors (Lipinski definition) is 5. The van der Waals surface area contributed by atoms with Crippen LogP contribution in [0.1, 0.15) is 122 Å². The predicted octanol–water partition coefficient (Wildman–Crippen LogP) is 7.20. The first-order valence-electron chi connectivity index (χ1n) is 15.1. The molecule has 0 saturated heterocycles. The summed E-state index contributed by atoms with van der Waals surface area (Å²) in [4.78, 5) is 11.7. The number of benzene rings is 3. The highest BCUT2D eigenvalue weighted by Crippen LogP contribution is 2.48. The number of aromatic carboxylic acids is 1. The average Bonchev–Trinajstić information content (AvgIpc) is 2.97. The molecule has 3 aromatic rings. The van der Waals surface area contributed by atoms with Gasteiger partial charge < -0.3 is 25.5 Å². The van der Waals surface area contributed by atoms with Crippen molar-refractivity contribution in [2.75, 3.05) is 13.2 Å². The van der Waals surface area contributed by atoms with Gasteiger partial charge in [-0.15, -0.1) is 0 Å². The van der Waals surface area contributed by atoms with Crippen LogP contribution < -0.4 is 0 Å². The van der Waals surface area contributed by atoms with Gasteiger partial charge in [-0.25, -0.2) is 4.79 Å². The normalized spacial score (nSPS) is 12.2. The Morgan fingerprint density at radius 3 is 1.45 bits per heavy atom. The number of carbonyl (C=O) groups is 1. The Kier molecular flexibility index (Phi) is 10.9. The molecule has 6 nitrogen and oxygen atoms in total. The lowest BCUT2D eigenvalue weighted by Gasteiger charge is -2.31. The Morgan fingerprint density at radius 2 is 1.12 bits per heavy atom. The molecule has 0 heterocycles. The van der Waals surface area contributed by atoms with Gasteiger partial charge >= 0.3 is 5.97 Å². The number of hydrogen-bond acceptors (Lipinski definition) is 5. The number of aromatic hydroxyl groups is 2. The summed E-state index contributed by atoms with van der Waals surface area (Å²) < 4.78 is 0. The minimum Gasteiger partial charge on any atom is -0.507 e. The van der Waals surface area contributed by atoms with E-state index >= 15 is 0 Å². The van der Waals surface area contributed by atoms with Gasteiger partial charge in [-0.1, -0.05) is 77.9 Å². The van der Waals surface area contributed by atoms with Gasteiger partial charge in [0.25, 0.3) is 0 Å². The molecule has 0 aliphatic heterocycles. The molecule has 228 valence electrons. The van der Waals surface area contributed by atoms with Crippen molar-refractivity contribution in [3.05, 3.63) is 93.0 Å². The van der Waals surface area contributed by atoms with E-state index in [-0.39, 0.29) is 41.1 Å². The minimum atomic E-state index is -1.03. The van der Waals surface area contributed by atoms with Crippen molar-refractivity contribution < 1.29 is 30.3 Å². The second-order valence-electron chi connectivity index (χ2n) is 12.7. The number of rotatable bonds is 14. The maximum Gasteiger partial charge on any atom is 0.335 e. The van der Waals surface area contributed by atoms with Crippen molar-refractivity contribution in [3.63, 3.8) is 0 Å². The van der Waals surface area contributed by atoms with E-state index in [0.29, 0.717) is 36.8 Å². The van der Waals surface area contributed by atoms with Crippen LogP contribution in [0.25, 0.3) is 0 Å². The molecular weight excluding hydrogens is 528 g/mol. The first kappa shape index (κ1) is 33.2. The molecule has 0 aromatic heterocycles. The number of phenols is 2. The fourth-order valence-corrected chi connectivity index (χ4v) is 5.49. The largest absolute Gasteiger partial charge is 0.507 e. The van der Waals surface area contributed by atoms with E-state index in [0.717, 1.165) is 40.7 Å². The molecule has 3 rings (SSSR count). The van der Waals surface area contributed by atoms with Crippen LogP contribution >= 0.6 is 0 Å². The van der Waals surface area contributed by atoms with E-state index < -0.39 is 11.9 Å². The van der Waals surface area contributed by atoms with E-state index in [2.05, 4.69) is 41.5 Å². The summed E-state index contributed by atoms with van der Waals surface area (Å²) in [5.41, 5.74) is 5.01. The first-order valence-corrected chi connectivity index (χ1v) is 15.1. The summed E-state index contributed by atoms with van der Waals surface area (Å²) in [6.45, 7) is 12.6. The molecule has 0 amide bonds. The van der Waals surface area contributed by atoms with Crippen LogP contribution in [0.4, 0.5) is 0 Å². The summed E-state index contributed by atoms with van der Waals surface area (Å²) in [5, 5.41) is 52.6. The van der Waals surface area contributed by atoms with Gasteiger partial charge in [-0.2, -0.15) is 0 Å². The van der Waals surface area contributed by atoms with E-state index in [4.69, 9.17) is 0 Å². The van der Waals surface area contributed by atoms with Gasteiger partial charge in [0.2, 0.25) is 0 Å². The Hall–Kier alpha value is -3.35. The lowest BCUT2D eigenvalue weighted by atomic mass is 9.74. The molecule has 5 N–H and O–H groups in total. The Balaban J connectivity index is 2.46. The number of carboxylic acid groups (broad SMARTS) is 1. The van der Waals surface area contributed by atoms with Crippen molar-refractivity contribution >= 4 is 5.97 Å². The van der Waals surface area contributed by atoms with Gasteiger partial charge in [0.15, 0.2) is 0 Å².